The Balaban J connectivity index is 1.79. The Morgan fingerprint density at radius 2 is 1.82 bits per heavy atom. The summed E-state index contributed by atoms with van der Waals surface area (Å²) < 4.78 is 0. The van der Waals surface area contributed by atoms with Gasteiger partial charge in [-0.15, -0.1) is 0 Å². The first-order valence-electron chi connectivity index (χ1n) is 7.71. The molecule has 1 atom stereocenters. The highest BCUT2D eigenvalue weighted by Crippen LogP contribution is 2.16. The maximum Gasteiger partial charge on any atom is 0.222 e. The van der Waals surface area contributed by atoms with E-state index in [0.717, 1.165) is 11.3 Å². The lowest BCUT2D eigenvalue weighted by Gasteiger charge is -2.15. The lowest BCUT2D eigenvalue weighted by Crippen LogP contribution is -2.28. The number of anilines is 1. The molecule has 2 aromatic carbocycles. The third kappa shape index (κ3) is 4.62. The Labute approximate surface area is 132 Å². The summed E-state index contributed by atoms with van der Waals surface area (Å²) in [6.45, 7) is 6.78. The molecule has 0 aliphatic rings. The van der Waals surface area contributed by atoms with Crippen molar-refractivity contribution in [2.24, 2.45) is 0 Å². The summed E-state index contributed by atoms with van der Waals surface area (Å²) in [7, 11) is 0. The fourth-order valence-corrected chi connectivity index (χ4v) is 2.38. The van der Waals surface area contributed by atoms with Crippen molar-refractivity contribution in [1.82, 2.24) is 5.32 Å². The van der Waals surface area contributed by atoms with Gasteiger partial charge in [0.25, 0.3) is 0 Å². The molecule has 2 rings (SSSR count). The summed E-state index contributed by atoms with van der Waals surface area (Å²) in [5, 5.41) is 6.37. The molecule has 22 heavy (non-hydrogen) atoms. The largest absolute Gasteiger partial charge is 0.384 e. The maximum absolute atomic E-state index is 12.0. The Hall–Kier alpha value is -2.29. The second-order valence-corrected chi connectivity index (χ2v) is 5.70. The van der Waals surface area contributed by atoms with Crippen molar-refractivity contribution >= 4 is 11.6 Å². The Bertz CT molecular complexity index is 623. The Morgan fingerprint density at radius 1 is 1.09 bits per heavy atom. The predicted octanol–water partition coefficient (Wildman–Crippen LogP) is 3.98. The number of benzene rings is 2. The standard InChI is InChI=1S/C19H24N2O/c1-14-9-10-15(2)18(13-14)20-12-11-19(22)21-16(3)17-7-5-4-6-8-17/h4-10,13,16,20H,11-12H2,1-3H3,(H,21,22). The molecule has 3 nitrogen and oxygen atoms in total. The van der Waals surface area contributed by atoms with Gasteiger partial charge in [0.15, 0.2) is 0 Å². The van der Waals surface area contributed by atoms with Gasteiger partial charge in [-0.25, -0.2) is 0 Å². The minimum Gasteiger partial charge on any atom is -0.384 e. The minimum atomic E-state index is 0.0365. The van der Waals surface area contributed by atoms with Crippen molar-refractivity contribution in [1.29, 1.82) is 0 Å². The monoisotopic (exact) mass is 296 g/mol. The molecular weight excluding hydrogens is 272 g/mol. The summed E-state index contributed by atoms with van der Waals surface area (Å²) in [5.41, 5.74) is 4.64. The van der Waals surface area contributed by atoms with E-state index in [9.17, 15) is 4.79 Å². The Kier molecular flexibility index (Phi) is 5.59. The number of amides is 1. The van der Waals surface area contributed by atoms with Crippen molar-refractivity contribution in [2.45, 2.75) is 33.2 Å². The van der Waals surface area contributed by atoms with Crippen molar-refractivity contribution in [3.05, 3.63) is 65.2 Å². The highest BCUT2D eigenvalue weighted by molar-refractivity contribution is 5.77. The molecule has 0 radical (unpaired) electrons. The first-order valence-corrected chi connectivity index (χ1v) is 7.71. The molecule has 2 aromatic rings. The van der Waals surface area contributed by atoms with Crippen LogP contribution in [-0.2, 0) is 4.79 Å². The van der Waals surface area contributed by atoms with E-state index in [0.29, 0.717) is 13.0 Å². The van der Waals surface area contributed by atoms with E-state index in [2.05, 4.69) is 42.7 Å². The number of hydrogen-bond acceptors (Lipinski definition) is 2. The van der Waals surface area contributed by atoms with Gasteiger partial charge in [-0.1, -0.05) is 42.5 Å². The van der Waals surface area contributed by atoms with E-state index in [-0.39, 0.29) is 11.9 Å². The van der Waals surface area contributed by atoms with Crippen molar-refractivity contribution in [3.63, 3.8) is 0 Å². The highest BCUT2D eigenvalue weighted by atomic mass is 16.1. The minimum absolute atomic E-state index is 0.0365. The predicted molar refractivity (Wildman–Crippen MR) is 92.0 cm³/mol. The zero-order valence-electron chi connectivity index (χ0n) is 13.5. The van der Waals surface area contributed by atoms with Crippen LogP contribution in [0.3, 0.4) is 0 Å². The second kappa shape index (κ2) is 7.64. The van der Waals surface area contributed by atoms with E-state index < -0.39 is 0 Å². The van der Waals surface area contributed by atoms with Crippen LogP contribution in [0.5, 0.6) is 0 Å². The average Bonchev–Trinajstić information content (AvgIpc) is 2.51. The van der Waals surface area contributed by atoms with Gasteiger partial charge in [0.05, 0.1) is 6.04 Å². The van der Waals surface area contributed by atoms with E-state index >= 15 is 0 Å². The quantitative estimate of drug-likeness (QED) is 0.846. The molecule has 0 fully saturated rings. The number of nitrogens with one attached hydrogen (secondary N) is 2. The van der Waals surface area contributed by atoms with Gasteiger partial charge >= 0.3 is 0 Å². The number of aryl methyl sites for hydroxylation is 2. The molecule has 0 aliphatic heterocycles. The summed E-state index contributed by atoms with van der Waals surface area (Å²) in [4.78, 5) is 12.0. The zero-order valence-corrected chi connectivity index (χ0v) is 13.5. The molecule has 2 N–H and O–H groups in total. The fraction of sp³-hybridized carbons (Fsp3) is 0.316. The van der Waals surface area contributed by atoms with Crippen molar-refractivity contribution in [3.8, 4) is 0 Å². The fourth-order valence-electron chi connectivity index (χ4n) is 2.38. The van der Waals surface area contributed by atoms with Crippen LogP contribution in [-0.4, -0.2) is 12.5 Å². The topological polar surface area (TPSA) is 41.1 Å². The van der Waals surface area contributed by atoms with Crippen LogP contribution in [0.2, 0.25) is 0 Å². The molecule has 116 valence electrons. The molecular formula is C19H24N2O. The van der Waals surface area contributed by atoms with Crippen LogP contribution in [0.4, 0.5) is 5.69 Å². The van der Waals surface area contributed by atoms with Crippen LogP contribution in [0.15, 0.2) is 48.5 Å². The van der Waals surface area contributed by atoms with E-state index in [1.54, 1.807) is 0 Å². The molecule has 1 amide bonds. The zero-order chi connectivity index (χ0) is 15.9. The highest BCUT2D eigenvalue weighted by Gasteiger charge is 2.08. The molecule has 0 heterocycles. The van der Waals surface area contributed by atoms with Gasteiger partial charge < -0.3 is 10.6 Å². The lowest BCUT2D eigenvalue weighted by molar-refractivity contribution is -0.121. The van der Waals surface area contributed by atoms with Crippen LogP contribution < -0.4 is 10.6 Å². The first-order chi connectivity index (χ1) is 10.6. The molecule has 3 heteroatoms. The van der Waals surface area contributed by atoms with Gasteiger partial charge in [0, 0.05) is 18.7 Å². The average molecular weight is 296 g/mol. The van der Waals surface area contributed by atoms with Crippen LogP contribution in [0.1, 0.15) is 36.1 Å². The first kappa shape index (κ1) is 16.1. The van der Waals surface area contributed by atoms with E-state index in [1.807, 2.05) is 37.3 Å². The smallest absolute Gasteiger partial charge is 0.222 e. The van der Waals surface area contributed by atoms with Crippen molar-refractivity contribution in [2.75, 3.05) is 11.9 Å². The molecule has 0 aliphatic carbocycles. The van der Waals surface area contributed by atoms with Crippen LogP contribution >= 0.6 is 0 Å². The number of hydrogen-bond donors (Lipinski definition) is 2. The van der Waals surface area contributed by atoms with E-state index in [1.165, 1.54) is 11.1 Å². The van der Waals surface area contributed by atoms with Crippen LogP contribution in [0, 0.1) is 13.8 Å². The number of carbonyl (C=O) groups is 1. The van der Waals surface area contributed by atoms with Gasteiger partial charge in [-0.3, -0.25) is 4.79 Å². The van der Waals surface area contributed by atoms with Gasteiger partial charge in [-0.05, 0) is 43.5 Å². The molecule has 0 spiro atoms. The molecule has 0 saturated carbocycles. The van der Waals surface area contributed by atoms with Gasteiger partial charge in [0.1, 0.15) is 0 Å². The molecule has 1 unspecified atom stereocenters. The molecule has 0 aromatic heterocycles. The number of carbonyl (C=O) groups excluding carboxylic acids is 1. The van der Waals surface area contributed by atoms with Gasteiger partial charge in [-0.2, -0.15) is 0 Å². The van der Waals surface area contributed by atoms with Gasteiger partial charge in [0.2, 0.25) is 5.91 Å². The lowest BCUT2D eigenvalue weighted by atomic mass is 10.1. The number of rotatable bonds is 6. The Morgan fingerprint density at radius 3 is 2.55 bits per heavy atom. The van der Waals surface area contributed by atoms with Crippen LogP contribution in [0.25, 0.3) is 0 Å². The summed E-state index contributed by atoms with van der Waals surface area (Å²) in [6, 6.07) is 16.3. The molecule has 0 bridgehead atoms. The maximum atomic E-state index is 12.0. The summed E-state index contributed by atoms with van der Waals surface area (Å²) >= 11 is 0. The SMILES string of the molecule is Cc1ccc(C)c(NCCC(=O)NC(C)c2ccccc2)c1. The second-order valence-electron chi connectivity index (χ2n) is 5.70. The third-order valence-corrected chi connectivity index (χ3v) is 3.74. The normalized spacial score (nSPS) is 11.8. The third-order valence-electron chi connectivity index (χ3n) is 3.74. The summed E-state index contributed by atoms with van der Waals surface area (Å²) in [6.07, 6.45) is 0.463. The summed E-state index contributed by atoms with van der Waals surface area (Å²) in [5.74, 6) is 0.0640. The van der Waals surface area contributed by atoms with Crippen molar-refractivity contribution < 1.29 is 4.79 Å². The molecule has 0 saturated heterocycles. The van der Waals surface area contributed by atoms with E-state index in [4.69, 9.17) is 0 Å².